The second-order valence-electron chi connectivity index (χ2n) is 8.74. The molecule has 2 unspecified atom stereocenters. The van der Waals surface area contributed by atoms with Crippen LogP contribution in [-0.2, 0) is 9.47 Å². The molecular formula is C24H36F2O3. The van der Waals surface area contributed by atoms with Crippen molar-refractivity contribution in [2.75, 3.05) is 20.3 Å². The minimum absolute atomic E-state index is 0.0655. The van der Waals surface area contributed by atoms with E-state index < -0.39 is 11.6 Å². The van der Waals surface area contributed by atoms with Gasteiger partial charge in [0, 0.05) is 5.92 Å². The molecular weight excluding hydrogens is 374 g/mol. The van der Waals surface area contributed by atoms with Gasteiger partial charge in [0.25, 0.3) is 0 Å². The van der Waals surface area contributed by atoms with E-state index in [4.69, 9.17) is 14.2 Å². The first-order valence-corrected chi connectivity index (χ1v) is 11.4. The average Bonchev–Trinajstić information content (AvgIpc) is 2.76. The van der Waals surface area contributed by atoms with Gasteiger partial charge in [0.1, 0.15) is 0 Å². The quantitative estimate of drug-likeness (QED) is 0.429. The monoisotopic (exact) mass is 410 g/mol. The van der Waals surface area contributed by atoms with E-state index in [2.05, 4.69) is 6.92 Å². The van der Waals surface area contributed by atoms with E-state index in [0.717, 1.165) is 18.9 Å². The Kier molecular flexibility index (Phi) is 8.73. The summed E-state index contributed by atoms with van der Waals surface area (Å²) in [5.41, 5.74) is 0.364. The lowest BCUT2D eigenvalue weighted by Crippen LogP contribution is -2.30. The average molecular weight is 411 g/mol. The third kappa shape index (κ3) is 6.14. The third-order valence-electron chi connectivity index (χ3n) is 6.67. The molecule has 1 saturated carbocycles. The van der Waals surface area contributed by atoms with Crippen LogP contribution in [-0.4, -0.2) is 26.6 Å². The van der Waals surface area contributed by atoms with Crippen LogP contribution < -0.4 is 4.74 Å². The van der Waals surface area contributed by atoms with Gasteiger partial charge in [0.15, 0.2) is 17.9 Å². The summed E-state index contributed by atoms with van der Waals surface area (Å²) in [6.45, 7) is 3.37. The number of methoxy groups -OCH3 is 1. The first kappa shape index (κ1) is 22.5. The van der Waals surface area contributed by atoms with Gasteiger partial charge in [0.05, 0.1) is 20.3 Å². The summed E-state index contributed by atoms with van der Waals surface area (Å²) in [7, 11) is 1.34. The van der Waals surface area contributed by atoms with Gasteiger partial charge < -0.3 is 14.2 Å². The van der Waals surface area contributed by atoms with Crippen molar-refractivity contribution in [2.45, 2.75) is 83.3 Å². The molecule has 164 valence electrons. The van der Waals surface area contributed by atoms with Gasteiger partial charge in [-0.2, -0.15) is 4.39 Å². The number of hydrogen-bond acceptors (Lipinski definition) is 3. The molecule has 0 amide bonds. The first-order valence-electron chi connectivity index (χ1n) is 11.4. The normalized spacial score (nSPS) is 27.7. The fourth-order valence-electron chi connectivity index (χ4n) is 4.74. The van der Waals surface area contributed by atoms with Gasteiger partial charge >= 0.3 is 0 Å². The lowest BCUT2D eigenvalue weighted by atomic mass is 9.80. The third-order valence-corrected chi connectivity index (χ3v) is 6.67. The Hall–Kier alpha value is -1.20. The molecule has 29 heavy (non-hydrogen) atoms. The largest absolute Gasteiger partial charge is 0.494 e. The molecule has 2 aliphatic rings. The molecule has 0 bridgehead atoms. The predicted molar refractivity (Wildman–Crippen MR) is 110 cm³/mol. The van der Waals surface area contributed by atoms with Crippen LogP contribution in [0.5, 0.6) is 5.75 Å². The van der Waals surface area contributed by atoms with E-state index in [0.29, 0.717) is 24.5 Å². The van der Waals surface area contributed by atoms with Gasteiger partial charge in [-0.05, 0) is 49.1 Å². The van der Waals surface area contributed by atoms with Crippen LogP contribution in [0.1, 0.15) is 82.6 Å². The fourth-order valence-corrected chi connectivity index (χ4v) is 4.74. The maximum absolute atomic E-state index is 14.3. The molecule has 5 heteroatoms. The molecule has 3 rings (SSSR count). The van der Waals surface area contributed by atoms with E-state index in [1.54, 1.807) is 6.07 Å². The molecule has 1 heterocycles. The van der Waals surface area contributed by atoms with E-state index in [1.807, 2.05) is 0 Å². The lowest BCUT2D eigenvalue weighted by molar-refractivity contribution is -0.175. The zero-order valence-electron chi connectivity index (χ0n) is 17.9. The van der Waals surface area contributed by atoms with Crippen LogP contribution in [0.15, 0.2) is 12.1 Å². The number of hydrogen-bond donors (Lipinski definition) is 0. The second kappa shape index (κ2) is 11.3. The Bertz CT molecular complexity index is 621. The van der Waals surface area contributed by atoms with Gasteiger partial charge in [-0.15, -0.1) is 0 Å². The number of unbranched alkanes of at least 4 members (excludes halogenated alkanes) is 2. The molecule has 1 aromatic carbocycles. The number of rotatable bonds is 9. The van der Waals surface area contributed by atoms with Crippen molar-refractivity contribution in [1.29, 1.82) is 0 Å². The van der Waals surface area contributed by atoms with Gasteiger partial charge in [-0.3, -0.25) is 0 Å². The summed E-state index contributed by atoms with van der Waals surface area (Å²) in [6, 6.07) is 3.08. The maximum Gasteiger partial charge on any atom is 0.200 e. The number of halogens is 2. The van der Waals surface area contributed by atoms with Crippen LogP contribution in [0.3, 0.4) is 0 Å². The van der Waals surface area contributed by atoms with Crippen LogP contribution in [0.2, 0.25) is 0 Å². The van der Waals surface area contributed by atoms with Crippen LogP contribution in [0.25, 0.3) is 0 Å². The summed E-state index contributed by atoms with van der Waals surface area (Å²) >= 11 is 0. The topological polar surface area (TPSA) is 27.7 Å². The highest BCUT2D eigenvalue weighted by molar-refractivity contribution is 5.33. The molecule has 0 aromatic heterocycles. The zero-order valence-corrected chi connectivity index (χ0v) is 17.9. The molecule has 1 saturated heterocycles. The Balaban J connectivity index is 1.37. The van der Waals surface area contributed by atoms with Crippen LogP contribution in [0, 0.1) is 23.5 Å². The number of benzene rings is 1. The highest BCUT2D eigenvalue weighted by atomic mass is 19.2. The SMILES string of the molecule is CCCCCC1CCC(COC2CCC(c3ccc(OC)c(F)c3F)CO2)CC1. The minimum atomic E-state index is -0.923. The van der Waals surface area contributed by atoms with Crippen molar-refractivity contribution in [1.82, 2.24) is 0 Å². The Morgan fingerprint density at radius 3 is 2.38 bits per heavy atom. The smallest absolute Gasteiger partial charge is 0.200 e. The molecule has 1 aliphatic carbocycles. The molecule has 2 atom stereocenters. The van der Waals surface area contributed by atoms with Crippen LogP contribution >= 0.6 is 0 Å². The summed E-state index contributed by atoms with van der Waals surface area (Å²) in [5.74, 6) is -0.420. The lowest BCUT2D eigenvalue weighted by Gasteiger charge is -2.32. The van der Waals surface area contributed by atoms with Crippen molar-refractivity contribution in [3.8, 4) is 5.75 Å². The molecule has 1 aromatic rings. The Morgan fingerprint density at radius 1 is 0.966 bits per heavy atom. The minimum Gasteiger partial charge on any atom is -0.494 e. The Morgan fingerprint density at radius 2 is 1.72 bits per heavy atom. The highest BCUT2D eigenvalue weighted by Crippen LogP contribution is 2.35. The zero-order chi connectivity index (χ0) is 20.6. The van der Waals surface area contributed by atoms with E-state index in [-0.39, 0.29) is 18.0 Å². The molecule has 2 fully saturated rings. The molecule has 0 radical (unpaired) electrons. The van der Waals surface area contributed by atoms with Crippen molar-refractivity contribution in [2.24, 2.45) is 11.8 Å². The maximum atomic E-state index is 14.3. The van der Waals surface area contributed by atoms with E-state index in [1.165, 1.54) is 64.5 Å². The summed E-state index contributed by atoms with van der Waals surface area (Å²) in [6.07, 6.45) is 11.8. The predicted octanol–water partition coefficient (Wildman–Crippen LogP) is 6.60. The molecule has 3 nitrogen and oxygen atoms in total. The summed E-state index contributed by atoms with van der Waals surface area (Å²) in [5, 5.41) is 0. The highest BCUT2D eigenvalue weighted by Gasteiger charge is 2.28. The molecule has 1 aliphatic heterocycles. The van der Waals surface area contributed by atoms with Crippen molar-refractivity contribution in [3.63, 3.8) is 0 Å². The van der Waals surface area contributed by atoms with E-state index >= 15 is 0 Å². The first-order chi connectivity index (χ1) is 14.1. The van der Waals surface area contributed by atoms with Crippen molar-refractivity contribution in [3.05, 3.63) is 29.3 Å². The van der Waals surface area contributed by atoms with Gasteiger partial charge in [0.2, 0.25) is 5.82 Å². The fraction of sp³-hybridized carbons (Fsp3) is 0.750. The summed E-state index contributed by atoms with van der Waals surface area (Å²) in [4.78, 5) is 0. The number of ether oxygens (including phenoxy) is 3. The summed E-state index contributed by atoms with van der Waals surface area (Å²) < 4.78 is 45.0. The molecule has 0 N–H and O–H groups in total. The molecule has 0 spiro atoms. The second-order valence-corrected chi connectivity index (χ2v) is 8.74. The van der Waals surface area contributed by atoms with Crippen LogP contribution in [0.4, 0.5) is 8.78 Å². The van der Waals surface area contributed by atoms with Gasteiger partial charge in [-0.1, -0.05) is 51.5 Å². The standard InChI is InChI=1S/C24H36F2O3/c1-3-4-5-6-17-7-9-18(10-8-17)15-28-22-14-11-19(16-29-22)20-12-13-21(27-2)24(26)23(20)25/h12-13,17-19,22H,3-11,14-16H2,1-2H3. The van der Waals surface area contributed by atoms with Crippen molar-refractivity contribution >= 4 is 0 Å². The Labute approximate surface area is 174 Å². The van der Waals surface area contributed by atoms with E-state index in [9.17, 15) is 8.78 Å². The van der Waals surface area contributed by atoms with Crippen molar-refractivity contribution < 1.29 is 23.0 Å². The van der Waals surface area contributed by atoms with Gasteiger partial charge in [-0.25, -0.2) is 4.39 Å².